The number of benzene rings is 2. The maximum absolute atomic E-state index is 13.8. The van der Waals surface area contributed by atoms with Gasteiger partial charge in [-0.05, 0) is 29.8 Å². The van der Waals surface area contributed by atoms with E-state index in [4.69, 9.17) is 0 Å². The summed E-state index contributed by atoms with van der Waals surface area (Å²) in [6.45, 7) is 1.75. The molecule has 0 unspecified atom stereocenters. The zero-order valence-corrected chi connectivity index (χ0v) is 15.9. The molecule has 7 heteroatoms. The van der Waals surface area contributed by atoms with Gasteiger partial charge >= 0.3 is 0 Å². The number of amides is 2. The highest BCUT2D eigenvalue weighted by Crippen LogP contribution is 2.17. The van der Waals surface area contributed by atoms with Gasteiger partial charge in [-0.1, -0.05) is 30.3 Å². The minimum absolute atomic E-state index is 0.0305. The Kier molecular flexibility index (Phi) is 5.37. The Balaban J connectivity index is 1.41. The van der Waals surface area contributed by atoms with Crippen molar-refractivity contribution in [2.45, 2.75) is 6.42 Å². The monoisotopic (exact) mass is 392 g/mol. The van der Waals surface area contributed by atoms with Gasteiger partial charge in [-0.15, -0.1) is 0 Å². The molecule has 1 fully saturated rings. The Morgan fingerprint density at radius 3 is 2.31 bits per heavy atom. The van der Waals surface area contributed by atoms with Gasteiger partial charge in [-0.25, -0.2) is 9.07 Å². The van der Waals surface area contributed by atoms with Crippen LogP contribution in [0.2, 0.25) is 0 Å². The second-order valence-corrected chi connectivity index (χ2v) is 6.91. The first kappa shape index (κ1) is 18.9. The molecule has 0 radical (unpaired) electrons. The first-order chi connectivity index (χ1) is 14.1. The fourth-order valence-electron chi connectivity index (χ4n) is 3.51. The summed E-state index contributed by atoms with van der Waals surface area (Å²) in [6.07, 6.45) is 3.50. The van der Waals surface area contributed by atoms with E-state index in [0.717, 1.165) is 5.69 Å². The van der Waals surface area contributed by atoms with Gasteiger partial charge in [0.05, 0.1) is 17.7 Å². The molecule has 2 amide bonds. The summed E-state index contributed by atoms with van der Waals surface area (Å²) < 4.78 is 15.5. The molecule has 2 heterocycles. The predicted molar refractivity (Wildman–Crippen MR) is 106 cm³/mol. The standard InChI is InChI=1S/C22H21FN4O2/c23-19-8-3-1-6-17(19)16-21(28)25-12-14-26(15-13-25)22(29)18-7-2-4-9-20(18)27-11-5-10-24-27/h1-11H,12-16H2. The van der Waals surface area contributed by atoms with Gasteiger partial charge in [0.25, 0.3) is 5.91 Å². The minimum atomic E-state index is -0.370. The number of piperazine rings is 1. The van der Waals surface area contributed by atoms with Crippen LogP contribution in [0.25, 0.3) is 5.69 Å². The van der Waals surface area contributed by atoms with Crippen LogP contribution in [0, 0.1) is 5.82 Å². The van der Waals surface area contributed by atoms with Crippen LogP contribution < -0.4 is 0 Å². The van der Waals surface area contributed by atoms with E-state index >= 15 is 0 Å². The first-order valence-corrected chi connectivity index (χ1v) is 9.53. The topological polar surface area (TPSA) is 58.4 Å². The number of aromatic nitrogens is 2. The second-order valence-electron chi connectivity index (χ2n) is 6.91. The number of rotatable bonds is 4. The SMILES string of the molecule is O=C(Cc1ccccc1F)N1CCN(C(=O)c2ccccc2-n2cccn2)CC1. The first-order valence-electron chi connectivity index (χ1n) is 9.53. The molecule has 1 saturated heterocycles. The van der Waals surface area contributed by atoms with E-state index in [1.165, 1.54) is 6.07 Å². The lowest BCUT2D eigenvalue weighted by molar-refractivity contribution is -0.132. The third kappa shape index (κ3) is 4.03. The Bertz CT molecular complexity index is 1010. The predicted octanol–water partition coefficient (Wildman–Crippen LogP) is 2.54. The van der Waals surface area contributed by atoms with Crippen LogP contribution in [-0.4, -0.2) is 57.6 Å². The van der Waals surface area contributed by atoms with Crippen molar-refractivity contribution in [2.75, 3.05) is 26.2 Å². The summed E-state index contributed by atoms with van der Waals surface area (Å²) >= 11 is 0. The fraction of sp³-hybridized carbons (Fsp3) is 0.227. The van der Waals surface area contributed by atoms with Crippen molar-refractivity contribution in [3.8, 4) is 5.69 Å². The molecule has 0 aliphatic carbocycles. The average molecular weight is 392 g/mol. The van der Waals surface area contributed by atoms with Gasteiger partial charge in [0.15, 0.2) is 0 Å². The summed E-state index contributed by atoms with van der Waals surface area (Å²) in [5.41, 5.74) is 1.69. The van der Waals surface area contributed by atoms with E-state index in [0.29, 0.717) is 37.3 Å². The molecule has 1 aliphatic rings. The number of halogens is 1. The summed E-state index contributed by atoms with van der Waals surface area (Å²) in [5.74, 6) is -0.582. The highest BCUT2D eigenvalue weighted by Gasteiger charge is 2.26. The van der Waals surface area contributed by atoms with E-state index in [2.05, 4.69) is 5.10 Å². The second kappa shape index (κ2) is 8.26. The molecule has 148 valence electrons. The van der Waals surface area contributed by atoms with Gasteiger partial charge < -0.3 is 9.80 Å². The lowest BCUT2D eigenvalue weighted by atomic mass is 10.1. The van der Waals surface area contributed by atoms with Crippen molar-refractivity contribution in [3.05, 3.63) is 83.9 Å². The van der Waals surface area contributed by atoms with Crippen LogP contribution in [0.15, 0.2) is 67.0 Å². The molecular formula is C22H21FN4O2. The molecule has 0 atom stereocenters. The van der Waals surface area contributed by atoms with Crippen molar-refractivity contribution < 1.29 is 14.0 Å². The van der Waals surface area contributed by atoms with Crippen LogP contribution in [0.5, 0.6) is 0 Å². The Morgan fingerprint density at radius 1 is 0.897 bits per heavy atom. The third-order valence-electron chi connectivity index (χ3n) is 5.10. The molecule has 0 bridgehead atoms. The van der Waals surface area contributed by atoms with Gasteiger partial charge in [-0.3, -0.25) is 9.59 Å². The van der Waals surface area contributed by atoms with Crippen molar-refractivity contribution in [1.29, 1.82) is 0 Å². The van der Waals surface area contributed by atoms with Crippen LogP contribution in [0.3, 0.4) is 0 Å². The highest BCUT2D eigenvalue weighted by atomic mass is 19.1. The molecule has 6 nitrogen and oxygen atoms in total. The number of carbonyl (C=O) groups excluding carboxylic acids is 2. The van der Waals surface area contributed by atoms with E-state index in [1.54, 1.807) is 57.2 Å². The largest absolute Gasteiger partial charge is 0.339 e. The van der Waals surface area contributed by atoms with Crippen LogP contribution in [-0.2, 0) is 11.2 Å². The van der Waals surface area contributed by atoms with Gasteiger partial charge in [0.2, 0.25) is 5.91 Å². The molecule has 2 aromatic carbocycles. The molecule has 0 spiro atoms. The highest BCUT2D eigenvalue weighted by molar-refractivity contribution is 5.98. The van der Waals surface area contributed by atoms with E-state index in [-0.39, 0.29) is 24.1 Å². The van der Waals surface area contributed by atoms with E-state index < -0.39 is 0 Å². The van der Waals surface area contributed by atoms with E-state index in [1.807, 2.05) is 18.2 Å². The number of hydrogen-bond acceptors (Lipinski definition) is 3. The normalized spacial score (nSPS) is 14.1. The van der Waals surface area contributed by atoms with Crippen molar-refractivity contribution in [1.82, 2.24) is 19.6 Å². The van der Waals surface area contributed by atoms with Gasteiger partial charge in [-0.2, -0.15) is 5.10 Å². The molecule has 29 heavy (non-hydrogen) atoms. The molecule has 3 aromatic rings. The van der Waals surface area contributed by atoms with Crippen LogP contribution >= 0.6 is 0 Å². The van der Waals surface area contributed by atoms with Crippen molar-refractivity contribution in [3.63, 3.8) is 0 Å². The molecule has 0 saturated carbocycles. The Hall–Kier alpha value is -3.48. The summed E-state index contributed by atoms with van der Waals surface area (Å²) in [6, 6.07) is 15.5. The average Bonchev–Trinajstić information content (AvgIpc) is 3.30. The molecular weight excluding hydrogens is 371 g/mol. The van der Waals surface area contributed by atoms with Gasteiger partial charge in [0, 0.05) is 38.6 Å². The van der Waals surface area contributed by atoms with Crippen LogP contribution in [0.4, 0.5) is 4.39 Å². The molecule has 1 aliphatic heterocycles. The van der Waals surface area contributed by atoms with E-state index in [9.17, 15) is 14.0 Å². The number of nitrogens with zero attached hydrogens (tertiary/aromatic N) is 4. The zero-order valence-electron chi connectivity index (χ0n) is 15.9. The molecule has 4 rings (SSSR count). The smallest absolute Gasteiger partial charge is 0.256 e. The Labute approximate surface area is 168 Å². The Morgan fingerprint density at radius 2 is 1.59 bits per heavy atom. The lowest BCUT2D eigenvalue weighted by Crippen LogP contribution is -2.51. The minimum Gasteiger partial charge on any atom is -0.339 e. The quantitative estimate of drug-likeness (QED) is 0.686. The lowest BCUT2D eigenvalue weighted by Gasteiger charge is -2.35. The number of para-hydroxylation sites is 1. The number of carbonyl (C=O) groups is 2. The maximum Gasteiger partial charge on any atom is 0.256 e. The fourth-order valence-corrected chi connectivity index (χ4v) is 3.51. The third-order valence-corrected chi connectivity index (χ3v) is 5.10. The summed E-state index contributed by atoms with van der Waals surface area (Å²) in [4.78, 5) is 29.0. The summed E-state index contributed by atoms with van der Waals surface area (Å²) in [5, 5.41) is 4.22. The zero-order chi connectivity index (χ0) is 20.2. The number of hydrogen-bond donors (Lipinski definition) is 0. The summed E-state index contributed by atoms with van der Waals surface area (Å²) in [7, 11) is 0. The molecule has 1 aromatic heterocycles. The van der Waals surface area contributed by atoms with Gasteiger partial charge in [0.1, 0.15) is 5.82 Å². The molecule has 0 N–H and O–H groups in total. The van der Waals surface area contributed by atoms with Crippen molar-refractivity contribution in [2.24, 2.45) is 0 Å². The van der Waals surface area contributed by atoms with Crippen LogP contribution in [0.1, 0.15) is 15.9 Å². The van der Waals surface area contributed by atoms with Crippen molar-refractivity contribution >= 4 is 11.8 Å². The maximum atomic E-state index is 13.8.